The molecule has 2 aromatic heterocycles. The fourth-order valence-electron chi connectivity index (χ4n) is 2.34. The summed E-state index contributed by atoms with van der Waals surface area (Å²) in [7, 11) is 3.99. The summed E-state index contributed by atoms with van der Waals surface area (Å²) in [5.41, 5.74) is 2.51. The lowest BCUT2D eigenvalue weighted by Crippen LogP contribution is -2.25. The Labute approximate surface area is 114 Å². The van der Waals surface area contributed by atoms with E-state index in [4.69, 9.17) is 0 Å². The van der Waals surface area contributed by atoms with E-state index in [0.717, 1.165) is 25.8 Å². The Bertz CT molecular complexity index is 499. The van der Waals surface area contributed by atoms with Gasteiger partial charge in [0.1, 0.15) is 0 Å². The average molecular weight is 261 g/mol. The van der Waals surface area contributed by atoms with Crippen molar-refractivity contribution in [2.45, 2.75) is 32.2 Å². The van der Waals surface area contributed by atoms with Crippen molar-refractivity contribution in [1.29, 1.82) is 0 Å². The van der Waals surface area contributed by atoms with Gasteiger partial charge in [-0.25, -0.2) is 0 Å². The second-order valence-corrected chi connectivity index (χ2v) is 4.87. The van der Waals surface area contributed by atoms with Crippen molar-refractivity contribution in [2.75, 3.05) is 6.54 Å². The summed E-state index contributed by atoms with van der Waals surface area (Å²) < 4.78 is 3.90. The maximum Gasteiger partial charge on any atom is 0.0550 e. The number of hydrogen-bond acceptors (Lipinski definition) is 3. The van der Waals surface area contributed by atoms with E-state index in [2.05, 4.69) is 34.6 Å². The molecule has 0 amide bonds. The van der Waals surface area contributed by atoms with Crippen molar-refractivity contribution in [1.82, 2.24) is 24.9 Å². The standard InChI is InChI=1S/C14H23N5/c1-4-9-15-13(14-8-11-17-19(14)3)6-5-12-7-10-16-18(12)2/h7-8,10-11,13,15H,4-6,9H2,1-3H3. The van der Waals surface area contributed by atoms with Gasteiger partial charge in [0.05, 0.1) is 5.69 Å². The molecule has 0 bridgehead atoms. The zero-order chi connectivity index (χ0) is 13.7. The number of rotatable bonds is 7. The van der Waals surface area contributed by atoms with Crippen LogP contribution >= 0.6 is 0 Å². The van der Waals surface area contributed by atoms with E-state index in [0.29, 0.717) is 6.04 Å². The molecule has 5 heteroatoms. The van der Waals surface area contributed by atoms with E-state index in [9.17, 15) is 0 Å². The van der Waals surface area contributed by atoms with Crippen LogP contribution in [0, 0.1) is 0 Å². The molecule has 0 aliphatic rings. The van der Waals surface area contributed by atoms with Crippen LogP contribution in [0.5, 0.6) is 0 Å². The number of hydrogen-bond donors (Lipinski definition) is 1. The van der Waals surface area contributed by atoms with Gasteiger partial charge in [-0.1, -0.05) is 6.92 Å². The van der Waals surface area contributed by atoms with E-state index >= 15 is 0 Å². The Morgan fingerprint density at radius 3 is 2.47 bits per heavy atom. The molecule has 2 heterocycles. The largest absolute Gasteiger partial charge is 0.309 e. The molecule has 2 aromatic rings. The van der Waals surface area contributed by atoms with Crippen molar-refractivity contribution in [3.8, 4) is 0 Å². The fourth-order valence-corrected chi connectivity index (χ4v) is 2.34. The first kappa shape index (κ1) is 13.8. The Morgan fingerprint density at radius 2 is 1.89 bits per heavy atom. The Morgan fingerprint density at radius 1 is 1.16 bits per heavy atom. The highest BCUT2D eigenvalue weighted by Gasteiger charge is 2.14. The second-order valence-electron chi connectivity index (χ2n) is 4.87. The van der Waals surface area contributed by atoms with Gasteiger partial charge in [0.2, 0.25) is 0 Å². The maximum atomic E-state index is 4.27. The second kappa shape index (κ2) is 6.52. The molecule has 1 unspecified atom stereocenters. The van der Waals surface area contributed by atoms with Crippen molar-refractivity contribution >= 4 is 0 Å². The SMILES string of the molecule is CCCNC(CCc1ccnn1C)c1ccnn1C. The summed E-state index contributed by atoms with van der Waals surface area (Å²) in [6.07, 6.45) is 6.93. The summed E-state index contributed by atoms with van der Waals surface area (Å²) in [5.74, 6) is 0. The van der Waals surface area contributed by atoms with Crippen LogP contribution in [0.25, 0.3) is 0 Å². The van der Waals surface area contributed by atoms with Crippen molar-refractivity contribution in [2.24, 2.45) is 14.1 Å². The van der Waals surface area contributed by atoms with Crippen LogP contribution in [0.3, 0.4) is 0 Å². The summed E-state index contributed by atoms with van der Waals surface area (Å²) in [6.45, 7) is 3.22. The van der Waals surface area contributed by atoms with Gasteiger partial charge in [0, 0.05) is 38.2 Å². The van der Waals surface area contributed by atoms with Crippen LogP contribution in [0.2, 0.25) is 0 Å². The fraction of sp³-hybridized carbons (Fsp3) is 0.571. The van der Waals surface area contributed by atoms with Gasteiger partial charge in [-0.3, -0.25) is 9.36 Å². The lowest BCUT2D eigenvalue weighted by molar-refractivity contribution is 0.462. The molecule has 19 heavy (non-hydrogen) atoms. The molecule has 0 saturated carbocycles. The predicted molar refractivity (Wildman–Crippen MR) is 75.8 cm³/mol. The van der Waals surface area contributed by atoms with E-state index < -0.39 is 0 Å². The van der Waals surface area contributed by atoms with Gasteiger partial charge in [0.15, 0.2) is 0 Å². The van der Waals surface area contributed by atoms with Gasteiger partial charge < -0.3 is 5.32 Å². The van der Waals surface area contributed by atoms with Gasteiger partial charge in [-0.2, -0.15) is 10.2 Å². The van der Waals surface area contributed by atoms with Gasteiger partial charge in [0.25, 0.3) is 0 Å². The third kappa shape index (κ3) is 3.44. The molecular formula is C14H23N5. The van der Waals surface area contributed by atoms with Crippen LogP contribution in [0.1, 0.15) is 37.2 Å². The number of aromatic nitrogens is 4. The topological polar surface area (TPSA) is 47.7 Å². The summed E-state index contributed by atoms with van der Waals surface area (Å²) in [4.78, 5) is 0. The van der Waals surface area contributed by atoms with Gasteiger partial charge in [-0.05, 0) is 37.9 Å². The molecule has 0 aromatic carbocycles. The number of nitrogens with zero attached hydrogens (tertiary/aromatic N) is 4. The van der Waals surface area contributed by atoms with Gasteiger partial charge in [-0.15, -0.1) is 0 Å². The van der Waals surface area contributed by atoms with E-state index in [1.165, 1.54) is 11.4 Å². The highest BCUT2D eigenvalue weighted by molar-refractivity contribution is 5.08. The minimum absolute atomic E-state index is 0.349. The molecule has 2 rings (SSSR count). The first-order chi connectivity index (χ1) is 9.22. The molecular weight excluding hydrogens is 238 g/mol. The Balaban J connectivity index is 2.02. The van der Waals surface area contributed by atoms with Gasteiger partial charge >= 0.3 is 0 Å². The zero-order valence-corrected chi connectivity index (χ0v) is 12.0. The highest BCUT2D eigenvalue weighted by Crippen LogP contribution is 2.18. The van der Waals surface area contributed by atoms with Crippen LogP contribution < -0.4 is 5.32 Å². The normalized spacial score (nSPS) is 12.8. The zero-order valence-electron chi connectivity index (χ0n) is 12.0. The molecule has 0 aliphatic heterocycles. The van der Waals surface area contributed by atoms with E-state index in [1.54, 1.807) is 0 Å². The quantitative estimate of drug-likeness (QED) is 0.827. The summed E-state index contributed by atoms with van der Waals surface area (Å²) in [6, 6.07) is 4.53. The van der Waals surface area contributed by atoms with E-state index in [1.807, 2.05) is 35.9 Å². The maximum absolute atomic E-state index is 4.27. The molecule has 0 aliphatic carbocycles. The smallest absolute Gasteiger partial charge is 0.0550 e. The van der Waals surface area contributed by atoms with Crippen LogP contribution in [-0.2, 0) is 20.5 Å². The predicted octanol–water partition coefficient (Wildman–Crippen LogP) is 1.83. The number of aryl methyl sites for hydroxylation is 3. The van der Waals surface area contributed by atoms with Crippen molar-refractivity contribution < 1.29 is 0 Å². The highest BCUT2D eigenvalue weighted by atomic mass is 15.3. The third-order valence-corrected chi connectivity index (χ3v) is 3.47. The molecule has 1 atom stereocenters. The average Bonchev–Trinajstić information content (AvgIpc) is 2.99. The summed E-state index contributed by atoms with van der Waals surface area (Å²) in [5, 5.41) is 12.1. The summed E-state index contributed by atoms with van der Waals surface area (Å²) >= 11 is 0. The molecule has 0 fully saturated rings. The molecule has 0 saturated heterocycles. The molecule has 5 nitrogen and oxygen atoms in total. The minimum Gasteiger partial charge on any atom is -0.309 e. The Kier molecular flexibility index (Phi) is 4.74. The Hall–Kier alpha value is -1.62. The third-order valence-electron chi connectivity index (χ3n) is 3.47. The van der Waals surface area contributed by atoms with Crippen LogP contribution in [0.4, 0.5) is 0 Å². The van der Waals surface area contributed by atoms with Crippen molar-refractivity contribution in [3.05, 3.63) is 35.9 Å². The minimum atomic E-state index is 0.349. The first-order valence-electron chi connectivity index (χ1n) is 6.90. The lowest BCUT2D eigenvalue weighted by Gasteiger charge is -2.18. The molecule has 1 N–H and O–H groups in total. The number of nitrogens with one attached hydrogen (secondary N) is 1. The monoisotopic (exact) mass is 261 g/mol. The molecule has 104 valence electrons. The van der Waals surface area contributed by atoms with Crippen LogP contribution in [-0.4, -0.2) is 26.1 Å². The lowest BCUT2D eigenvalue weighted by atomic mass is 10.1. The van der Waals surface area contributed by atoms with E-state index in [-0.39, 0.29) is 0 Å². The van der Waals surface area contributed by atoms with Crippen LogP contribution in [0.15, 0.2) is 24.5 Å². The molecule has 0 radical (unpaired) electrons. The molecule has 0 spiro atoms. The van der Waals surface area contributed by atoms with Crippen molar-refractivity contribution in [3.63, 3.8) is 0 Å². The first-order valence-corrected chi connectivity index (χ1v) is 6.90.